The van der Waals surface area contributed by atoms with Crippen molar-refractivity contribution in [2.24, 2.45) is 11.8 Å². The van der Waals surface area contributed by atoms with Crippen LogP contribution < -0.4 is 0 Å². The van der Waals surface area contributed by atoms with Gasteiger partial charge in [0.25, 0.3) is 0 Å². The van der Waals surface area contributed by atoms with Crippen LogP contribution in [0.15, 0.2) is 0 Å². The van der Waals surface area contributed by atoms with Gasteiger partial charge in [-0.1, -0.05) is 19.3 Å². The van der Waals surface area contributed by atoms with E-state index in [9.17, 15) is 9.59 Å². The summed E-state index contributed by atoms with van der Waals surface area (Å²) in [5, 5.41) is 8.71. The molecule has 0 aromatic heterocycles. The minimum atomic E-state index is -0.775. The van der Waals surface area contributed by atoms with E-state index in [0.717, 1.165) is 25.7 Å². The van der Waals surface area contributed by atoms with Gasteiger partial charge in [0, 0.05) is 19.0 Å². The van der Waals surface area contributed by atoms with Crippen LogP contribution in [0.1, 0.15) is 32.1 Å². The Morgan fingerprint density at radius 3 is 2.13 bits per heavy atom. The highest BCUT2D eigenvalue weighted by Crippen LogP contribution is 2.28. The average molecular weight is 211 g/mol. The average Bonchev–Trinajstić information content (AvgIpc) is 2.16. The van der Waals surface area contributed by atoms with Crippen LogP contribution in [0.2, 0.25) is 0 Å². The zero-order valence-corrected chi connectivity index (χ0v) is 8.82. The number of carboxylic acids is 1. The molecule has 1 aliphatic carbocycles. The Labute approximate surface area is 89.3 Å². The van der Waals surface area contributed by atoms with Crippen LogP contribution in [-0.4, -0.2) is 35.0 Å². The molecule has 4 nitrogen and oxygen atoms in total. The lowest BCUT2D eigenvalue weighted by atomic mass is 9.86. The molecule has 1 amide bonds. The molecule has 2 fully saturated rings. The molecular weight excluding hydrogens is 194 g/mol. The minimum Gasteiger partial charge on any atom is -0.481 e. The lowest BCUT2D eigenvalue weighted by Crippen LogP contribution is -2.54. The Balaban J connectivity index is 1.80. The molecule has 1 aliphatic heterocycles. The van der Waals surface area contributed by atoms with E-state index in [1.165, 1.54) is 6.42 Å². The van der Waals surface area contributed by atoms with Crippen LogP contribution in [0.4, 0.5) is 0 Å². The number of rotatable bonds is 2. The number of carbonyl (C=O) groups is 2. The highest BCUT2D eigenvalue weighted by atomic mass is 16.4. The van der Waals surface area contributed by atoms with Crippen LogP contribution in [0, 0.1) is 11.8 Å². The molecule has 1 N–H and O–H groups in total. The largest absolute Gasteiger partial charge is 0.481 e. The van der Waals surface area contributed by atoms with Crippen molar-refractivity contribution in [2.45, 2.75) is 32.1 Å². The van der Waals surface area contributed by atoms with Crippen molar-refractivity contribution in [1.82, 2.24) is 4.90 Å². The Morgan fingerprint density at radius 1 is 1.00 bits per heavy atom. The summed E-state index contributed by atoms with van der Waals surface area (Å²) in [5.41, 5.74) is 0. The Hall–Kier alpha value is -1.06. The fraction of sp³-hybridized carbons (Fsp3) is 0.818. The van der Waals surface area contributed by atoms with Crippen molar-refractivity contribution >= 4 is 11.9 Å². The van der Waals surface area contributed by atoms with Crippen molar-refractivity contribution < 1.29 is 14.7 Å². The summed E-state index contributed by atoms with van der Waals surface area (Å²) in [6.07, 6.45) is 5.51. The van der Waals surface area contributed by atoms with Crippen LogP contribution >= 0.6 is 0 Å². The molecule has 0 unspecified atom stereocenters. The molecule has 0 atom stereocenters. The maximum absolute atomic E-state index is 11.9. The van der Waals surface area contributed by atoms with Crippen LogP contribution in [-0.2, 0) is 9.59 Å². The summed E-state index contributed by atoms with van der Waals surface area (Å²) in [6.45, 7) is 0.843. The van der Waals surface area contributed by atoms with E-state index in [0.29, 0.717) is 13.1 Å². The predicted molar refractivity (Wildman–Crippen MR) is 54.3 cm³/mol. The molecule has 1 saturated heterocycles. The minimum absolute atomic E-state index is 0.175. The van der Waals surface area contributed by atoms with Crippen LogP contribution in [0.3, 0.4) is 0 Å². The summed E-state index contributed by atoms with van der Waals surface area (Å²) in [7, 11) is 0. The van der Waals surface area contributed by atoms with Gasteiger partial charge >= 0.3 is 5.97 Å². The molecule has 0 radical (unpaired) electrons. The molecule has 84 valence electrons. The first-order valence-electron chi connectivity index (χ1n) is 5.70. The van der Waals surface area contributed by atoms with Crippen molar-refractivity contribution in [2.75, 3.05) is 13.1 Å². The van der Waals surface area contributed by atoms with Gasteiger partial charge in [-0.25, -0.2) is 0 Å². The first-order valence-corrected chi connectivity index (χ1v) is 5.70. The maximum atomic E-state index is 11.9. The van der Waals surface area contributed by atoms with Crippen LogP contribution in [0.25, 0.3) is 0 Å². The highest BCUT2D eigenvalue weighted by molar-refractivity contribution is 5.82. The third-order valence-corrected chi connectivity index (χ3v) is 3.50. The number of hydrogen-bond donors (Lipinski definition) is 1. The molecule has 2 rings (SSSR count). The molecule has 0 spiro atoms. The topological polar surface area (TPSA) is 57.6 Å². The summed E-state index contributed by atoms with van der Waals surface area (Å²) in [5.74, 6) is -0.735. The number of carbonyl (C=O) groups excluding carboxylic acids is 1. The first kappa shape index (κ1) is 10.5. The second-order valence-electron chi connectivity index (χ2n) is 4.61. The summed E-state index contributed by atoms with van der Waals surface area (Å²) in [6, 6.07) is 0. The highest BCUT2D eigenvalue weighted by Gasteiger charge is 2.38. The standard InChI is InChI=1S/C11H17NO3/c13-10(8-4-2-1-3-5-8)12-6-9(7-12)11(14)15/h8-9H,1-7H2,(H,14,15). The smallest absolute Gasteiger partial charge is 0.310 e. The molecule has 1 heterocycles. The molecule has 15 heavy (non-hydrogen) atoms. The predicted octanol–water partition coefficient (Wildman–Crippen LogP) is 1.11. The van der Waals surface area contributed by atoms with Gasteiger partial charge in [-0.15, -0.1) is 0 Å². The van der Waals surface area contributed by atoms with Gasteiger partial charge in [-0.05, 0) is 12.8 Å². The van der Waals surface area contributed by atoms with Gasteiger partial charge in [0.1, 0.15) is 0 Å². The second-order valence-corrected chi connectivity index (χ2v) is 4.61. The number of aliphatic carboxylic acids is 1. The van der Waals surface area contributed by atoms with Crippen molar-refractivity contribution in [3.05, 3.63) is 0 Å². The van der Waals surface area contributed by atoms with Crippen molar-refractivity contribution in [3.8, 4) is 0 Å². The lowest BCUT2D eigenvalue weighted by Gasteiger charge is -2.39. The van der Waals surface area contributed by atoms with Gasteiger partial charge in [-0.3, -0.25) is 9.59 Å². The van der Waals surface area contributed by atoms with Crippen LogP contribution in [0.5, 0.6) is 0 Å². The Bertz CT molecular complexity index is 265. The number of nitrogens with zero attached hydrogens (tertiary/aromatic N) is 1. The van der Waals surface area contributed by atoms with E-state index in [4.69, 9.17) is 5.11 Å². The third kappa shape index (κ3) is 2.13. The molecule has 0 aromatic rings. The van der Waals surface area contributed by atoms with Crippen molar-refractivity contribution in [1.29, 1.82) is 0 Å². The lowest BCUT2D eigenvalue weighted by molar-refractivity contribution is -0.155. The number of carboxylic acid groups (broad SMARTS) is 1. The Kier molecular flexibility index (Phi) is 2.93. The SMILES string of the molecule is O=C(O)C1CN(C(=O)C2CCCCC2)C1. The Morgan fingerprint density at radius 2 is 1.60 bits per heavy atom. The number of amides is 1. The summed E-state index contributed by atoms with van der Waals surface area (Å²) < 4.78 is 0. The molecular formula is C11H17NO3. The number of hydrogen-bond acceptors (Lipinski definition) is 2. The van der Waals surface area contributed by atoms with Gasteiger partial charge in [0.15, 0.2) is 0 Å². The molecule has 0 bridgehead atoms. The van der Waals surface area contributed by atoms with E-state index in [1.54, 1.807) is 4.90 Å². The fourth-order valence-corrected chi connectivity index (χ4v) is 2.42. The van der Waals surface area contributed by atoms with E-state index in [1.807, 2.05) is 0 Å². The normalized spacial score (nSPS) is 23.6. The zero-order valence-electron chi connectivity index (χ0n) is 8.82. The van der Waals surface area contributed by atoms with E-state index in [2.05, 4.69) is 0 Å². The molecule has 4 heteroatoms. The van der Waals surface area contributed by atoms with E-state index < -0.39 is 5.97 Å². The third-order valence-electron chi connectivity index (χ3n) is 3.50. The second kappa shape index (κ2) is 4.21. The molecule has 0 aromatic carbocycles. The molecule has 1 saturated carbocycles. The monoisotopic (exact) mass is 211 g/mol. The quantitative estimate of drug-likeness (QED) is 0.744. The van der Waals surface area contributed by atoms with Gasteiger partial charge in [0.2, 0.25) is 5.91 Å². The number of likely N-dealkylation sites (tertiary alicyclic amines) is 1. The maximum Gasteiger partial charge on any atom is 0.310 e. The summed E-state index contributed by atoms with van der Waals surface area (Å²) in [4.78, 5) is 24.2. The fourth-order valence-electron chi connectivity index (χ4n) is 2.42. The van der Waals surface area contributed by atoms with Gasteiger partial charge in [-0.2, -0.15) is 0 Å². The zero-order chi connectivity index (χ0) is 10.8. The van der Waals surface area contributed by atoms with Gasteiger partial charge < -0.3 is 10.0 Å². The van der Waals surface area contributed by atoms with E-state index >= 15 is 0 Å². The van der Waals surface area contributed by atoms with Gasteiger partial charge in [0.05, 0.1) is 5.92 Å². The van der Waals surface area contributed by atoms with Crippen molar-refractivity contribution in [3.63, 3.8) is 0 Å². The summed E-state index contributed by atoms with van der Waals surface area (Å²) >= 11 is 0. The molecule has 2 aliphatic rings. The first-order chi connectivity index (χ1) is 7.18. The van der Waals surface area contributed by atoms with E-state index in [-0.39, 0.29) is 17.7 Å².